The van der Waals surface area contributed by atoms with E-state index in [9.17, 15) is 5.11 Å². The third kappa shape index (κ3) is 5.05. The number of aliphatic hydroxyl groups is 1. The van der Waals surface area contributed by atoms with Crippen LogP contribution in [0.3, 0.4) is 0 Å². The number of β-amino-alcohol motifs (C(OH)–C–C–N with tert-alkyl or cyclic N) is 1. The number of piperazine rings is 1. The fourth-order valence-electron chi connectivity index (χ4n) is 3.34. The molecular formula is C21H29N3O3. The van der Waals surface area contributed by atoms with Gasteiger partial charge in [0.05, 0.1) is 12.8 Å². The van der Waals surface area contributed by atoms with Gasteiger partial charge >= 0.3 is 0 Å². The van der Waals surface area contributed by atoms with Crippen molar-refractivity contribution in [3.8, 4) is 11.5 Å². The van der Waals surface area contributed by atoms with Crippen LogP contribution in [-0.4, -0.2) is 62.6 Å². The summed E-state index contributed by atoms with van der Waals surface area (Å²) in [7, 11) is 1.70. The molecule has 0 saturated carbocycles. The third-order valence-electron chi connectivity index (χ3n) is 4.95. The molecule has 0 aliphatic carbocycles. The molecule has 1 heterocycles. The highest BCUT2D eigenvalue weighted by molar-refractivity contribution is 5.58. The Morgan fingerprint density at radius 2 is 1.85 bits per heavy atom. The Bertz CT molecular complexity index is 745. The van der Waals surface area contributed by atoms with Gasteiger partial charge in [0.15, 0.2) is 0 Å². The van der Waals surface area contributed by atoms with Crippen LogP contribution in [0.2, 0.25) is 0 Å². The van der Waals surface area contributed by atoms with Crippen LogP contribution in [0.4, 0.5) is 11.4 Å². The molecule has 1 fully saturated rings. The van der Waals surface area contributed by atoms with Crippen molar-refractivity contribution in [2.75, 3.05) is 57.1 Å². The number of aliphatic hydroxyl groups excluding tert-OH is 1. The summed E-state index contributed by atoms with van der Waals surface area (Å²) < 4.78 is 11.2. The molecule has 0 amide bonds. The quantitative estimate of drug-likeness (QED) is 0.727. The SMILES string of the molecule is COc1ccccc1N1CCN(CC(O)COc2ccc(N)c(C)c2)CC1. The number of nitrogens with zero attached hydrogens (tertiary/aromatic N) is 2. The van der Waals surface area contributed by atoms with Crippen molar-refractivity contribution in [3.63, 3.8) is 0 Å². The van der Waals surface area contributed by atoms with Gasteiger partial charge in [-0.1, -0.05) is 12.1 Å². The molecule has 3 N–H and O–H groups in total. The highest BCUT2D eigenvalue weighted by Crippen LogP contribution is 2.28. The van der Waals surface area contributed by atoms with Crippen LogP contribution in [0.1, 0.15) is 5.56 Å². The number of rotatable bonds is 7. The summed E-state index contributed by atoms with van der Waals surface area (Å²) >= 11 is 0. The van der Waals surface area contributed by atoms with Gasteiger partial charge in [0.2, 0.25) is 0 Å². The molecule has 6 heteroatoms. The largest absolute Gasteiger partial charge is 0.495 e. The van der Waals surface area contributed by atoms with E-state index < -0.39 is 6.10 Å². The van der Waals surface area contributed by atoms with E-state index in [1.54, 1.807) is 7.11 Å². The molecule has 0 bridgehead atoms. The third-order valence-corrected chi connectivity index (χ3v) is 4.95. The molecular weight excluding hydrogens is 342 g/mol. The first-order valence-electron chi connectivity index (χ1n) is 9.34. The first-order chi connectivity index (χ1) is 13.1. The molecule has 2 aromatic rings. The van der Waals surface area contributed by atoms with E-state index in [2.05, 4.69) is 15.9 Å². The second kappa shape index (κ2) is 8.97. The summed E-state index contributed by atoms with van der Waals surface area (Å²) in [6, 6.07) is 13.7. The van der Waals surface area contributed by atoms with Gasteiger partial charge in [0.25, 0.3) is 0 Å². The lowest BCUT2D eigenvalue weighted by Crippen LogP contribution is -2.49. The molecule has 0 aromatic heterocycles. The lowest BCUT2D eigenvalue weighted by Gasteiger charge is -2.37. The minimum atomic E-state index is -0.527. The maximum atomic E-state index is 10.3. The lowest BCUT2D eigenvalue weighted by atomic mass is 10.2. The van der Waals surface area contributed by atoms with E-state index in [-0.39, 0.29) is 6.61 Å². The number of para-hydroxylation sites is 2. The molecule has 27 heavy (non-hydrogen) atoms. The number of anilines is 2. The highest BCUT2D eigenvalue weighted by Gasteiger charge is 2.21. The zero-order valence-corrected chi connectivity index (χ0v) is 16.1. The summed E-state index contributed by atoms with van der Waals surface area (Å²) in [5, 5.41) is 10.3. The van der Waals surface area contributed by atoms with E-state index in [1.807, 2.05) is 43.3 Å². The summed E-state index contributed by atoms with van der Waals surface area (Å²) in [5.74, 6) is 1.64. The Morgan fingerprint density at radius 1 is 1.11 bits per heavy atom. The topological polar surface area (TPSA) is 71.2 Å². The van der Waals surface area contributed by atoms with Gasteiger partial charge in [-0.3, -0.25) is 4.90 Å². The molecule has 146 valence electrons. The van der Waals surface area contributed by atoms with Crippen molar-refractivity contribution in [2.24, 2.45) is 0 Å². The van der Waals surface area contributed by atoms with Crippen molar-refractivity contribution in [1.29, 1.82) is 0 Å². The monoisotopic (exact) mass is 371 g/mol. The van der Waals surface area contributed by atoms with Gasteiger partial charge in [-0.15, -0.1) is 0 Å². The zero-order chi connectivity index (χ0) is 19.2. The van der Waals surface area contributed by atoms with Crippen LogP contribution < -0.4 is 20.1 Å². The predicted octanol–water partition coefficient (Wildman–Crippen LogP) is 2.15. The molecule has 0 spiro atoms. The molecule has 1 saturated heterocycles. The number of nitrogens with two attached hydrogens (primary N) is 1. The normalized spacial score (nSPS) is 16.2. The van der Waals surface area contributed by atoms with Crippen LogP contribution in [0, 0.1) is 6.92 Å². The Balaban J connectivity index is 1.45. The number of aryl methyl sites for hydroxylation is 1. The maximum Gasteiger partial charge on any atom is 0.142 e. The van der Waals surface area contributed by atoms with Gasteiger partial charge in [-0.05, 0) is 42.8 Å². The molecule has 0 radical (unpaired) electrons. The van der Waals surface area contributed by atoms with Gasteiger partial charge in [0, 0.05) is 38.4 Å². The van der Waals surface area contributed by atoms with Crippen LogP contribution in [0.5, 0.6) is 11.5 Å². The standard InChI is InChI=1S/C21H29N3O3/c1-16-13-18(7-8-19(16)22)27-15-17(25)14-23-9-11-24(12-10-23)20-5-3-4-6-21(20)26-2/h3-8,13,17,25H,9-12,14-15,22H2,1-2H3. The Labute approximate surface area is 161 Å². The average molecular weight is 371 g/mol. The number of hydrogen-bond donors (Lipinski definition) is 2. The minimum Gasteiger partial charge on any atom is -0.495 e. The van der Waals surface area contributed by atoms with Gasteiger partial charge in [-0.2, -0.15) is 0 Å². The van der Waals surface area contributed by atoms with Gasteiger partial charge in [0.1, 0.15) is 24.2 Å². The molecule has 1 aliphatic heterocycles. The van der Waals surface area contributed by atoms with E-state index in [1.165, 1.54) is 0 Å². The zero-order valence-electron chi connectivity index (χ0n) is 16.1. The molecule has 2 aromatic carbocycles. The van der Waals surface area contributed by atoms with Crippen molar-refractivity contribution < 1.29 is 14.6 Å². The van der Waals surface area contributed by atoms with E-state index >= 15 is 0 Å². The van der Waals surface area contributed by atoms with Crippen LogP contribution in [-0.2, 0) is 0 Å². The van der Waals surface area contributed by atoms with E-state index in [4.69, 9.17) is 15.2 Å². The smallest absolute Gasteiger partial charge is 0.142 e. The number of methoxy groups -OCH3 is 1. The van der Waals surface area contributed by atoms with Crippen molar-refractivity contribution in [3.05, 3.63) is 48.0 Å². The fraction of sp³-hybridized carbons (Fsp3) is 0.429. The van der Waals surface area contributed by atoms with E-state index in [0.29, 0.717) is 6.54 Å². The number of nitrogen functional groups attached to an aromatic ring is 1. The first-order valence-corrected chi connectivity index (χ1v) is 9.34. The Hall–Kier alpha value is -2.44. The number of hydrogen-bond acceptors (Lipinski definition) is 6. The molecule has 1 unspecified atom stereocenters. The van der Waals surface area contributed by atoms with Crippen molar-refractivity contribution >= 4 is 11.4 Å². The fourth-order valence-corrected chi connectivity index (χ4v) is 3.34. The summed E-state index contributed by atoms with van der Waals surface area (Å²) in [4.78, 5) is 4.60. The Morgan fingerprint density at radius 3 is 2.56 bits per heavy atom. The summed E-state index contributed by atoms with van der Waals surface area (Å²) in [6.45, 7) is 6.44. The second-order valence-corrected chi connectivity index (χ2v) is 6.94. The van der Waals surface area contributed by atoms with Gasteiger partial charge in [-0.25, -0.2) is 0 Å². The second-order valence-electron chi connectivity index (χ2n) is 6.94. The molecule has 1 aliphatic rings. The predicted molar refractivity (Wildman–Crippen MR) is 109 cm³/mol. The van der Waals surface area contributed by atoms with Crippen LogP contribution in [0.25, 0.3) is 0 Å². The number of benzene rings is 2. The van der Waals surface area contributed by atoms with Crippen LogP contribution in [0.15, 0.2) is 42.5 Å². The average Bonchev–Trinajstić information content (AvgIpc) is 2.69. The van der Waals surface area contributed by atoms with Gasteiger partial charge < -0.3 is 25.2 Å². The summed E-state index contributed by atoms with van der Waals surface area (Å²) in [6.07, 6.45) is -0.527. The van der Waals surface area contributed by atoms with Crippen molar-refractivity contribution in [1.82, 2.24) is 4.90 Å². The first kappa shape index (κ1) is 19.3. The lowest BCUT2D eigenvalue weighted by molar-refractivity contribution is 0.0662. The molecule has 1 atom stereocenters. The molecule has 6 nitrogen and oxygen atoms in total. The Kier molecular flexibility index (Phi) is 6.42. The van der Waals surface area contributed by atoms with E-state index in [0.717, 1.165) is 54.6 Å². The number of ether oxygens (including phenoxy) is 2. The summed E-state index contributed by atoms with van der Waals surface area (Å²) in [5.41, 5.74) is 8.67. The minimum absolute atomic E-state index is 0.274. The maximum absolute atomic E-state index is 10.3. The van der Waals surface area contributed by atoms with Crippen molar-refractivity contribution in [2.45, 2.75) is 13.0 Å². The molecule has 3 rings (SSSR count). The van der Waals surface area contributed by atoms with Crippen LogP contribution >= 0.6 is 0 Å². The highest BCUT2D eigenvalue weighted by atomic mass is 16.5.